The summed E-state index contributed by atoms with van der Waals surface area (Å²) in [5.41, 5.74) is 3.78. The summed E-state index contributed by atoms with van der Waals surface area (Å²) in [6.07, 6.45) is 11.3. The van der Waals surface area contributed by atoms with Gasteiger partial charge in [-0.3, -0.25) is 0 Å². The molecule has 3 aliphatic heterocycles. The summed E-state index contributed by atoms with van der Waals surface area (Å²) in [6, 6.07) is 0.589. The molecule has 5 aliphatic rings. The van der Waals surface area contributed by atoms with E-state index in [0.29, 0.717) is 23.3 Å². The first kappa shape index (κ1) is 26.7. The maximum atomic E-state index is 11.5. The lowest BCUT2D eigenvalue weighted by atomic mass is 9.55. The minimum Gasteiger partial charge on any atom is -0.331 e. The molecule has 196 valence electrons. The molecule has 9 atom stereocenters. The summed E-state index contributed by atoms with van der Waals surface area (Å²) in [5.74, 6) is 5.42. The Bertz CT molecular complexity index is 756. The van der Waals surface area contributed by atoms with Crippen molar-refractivity contribution in [3.63, 3.8) is 0 Å². The van der Waals surface area contributed by atoms with Crippen molar-refractivity contribution in [2.45, 2.75) is 103 Å². The van der Waals surface area contributed by atoms with Crippen LogP contribution in [0.3, 0.4) is 0 Å². The second-order valence-electron chi connectivity index (χ2n) is 11.9. The number of piperidine rings is 1. The summed E-state index contributed by atoms with van der Waals surface area (Å²) in [5, 5.41) is 7.92. The molecule has 2 saturated heterocycles. The monoisotopic (exact) mass is 492 g/mol. The molecule has 0 aromatic heterocycles. The molecule has 2 aliphatic carbocycles. The fraction of sp³-hybridized carbons (Fsp3) is 0.897. The lowest BCUT2D eigenvalue weighted by Gasteiger charge is -2.50. The zero-order valence-electron chi connectivity index (χ0n) is 22.8. The van der Waals surface area contributed by atoms with Gasteiger partial charge in [0, 0.05) is 29.2 Å². The Morgan fingerprint density at radius 1 is 1.24 bits per heavy atom. The molecule has 2 saturated carbocycles. The first-order chi connectivity index (χ1) is 16.4. The molecule has 0 aromatic rings. The summed E-state index contributed by atoms with van der Waals surface area (Å²) >= 11 is 0. The zero-order chi connectivity index (χ0) is 24.5. The first-order valence-electron chi connectivity index (χ1n) is 14.4. The molecule has 1 spiro atoms. The Morgan fingerprint density at radius 3 is 2.74 bits per heavy atom. The number of fused-ring (bicyclic) bond motifs is 4. The maximum Gasteiger partial charge on any atom is 0.120 e. The lowest BCUT2D eigenvalue weighted by molar-refractivity contribution is -0.111. The molecule has 4 nitrogen and oxygen atoms in total. The number of aldehydes is 1. The van der Waals surface area contributed by atoms with Crippen LogP contribution < -0.4 is 10.6 Å². The molecule has 8 unspecified atom stereocenters. The van der Waals surface area contributed by atoms with Gasteiger partial charge in [0.15, 0.2) is 0 Å². The SMILES string of the molecule is CC.CNCCC1(C)C2CC3=C(C)CS4(CCC3C2CC[C@H]1CC=O)OC1CCCNC1C4C. The van der Waals surface area contributed by atoms with Crippen molar-refractivity contribution in [2.24, 2.45) is 29.1 Å². The third-order valence-electron chi connectivity index (χ3n) is 10.6. The predicted octanol–water partition coefficient (Wildman–Crippen LogP) is 5.86. The first-order valence-corrected chi connectivity index (χ1v) is 16.4. The molecule has 0 bridgehead atoms. The van der Waals surface area contributed by atoms with Crippen LogP contribution in [0.5, 0.6) is 0 Å². The van der Waals surface area contributed by atoms with E-state index >= 15 is 0 Å². The number of hydrogen-bond donors (Lipinski definition) is 2. The van der Waals surface area contributed by atoms with Crippen LogP contribution in [0.2, 0.25) is 0 Å². The largest absolute Gasteiger partial charge is 0.331 e. The van der Waals surface area contributed by atoms with Crippen LogP contribution in [0.4, 0.5) is 0 Å². The number of carbonyl (C=O) groups excluding carboxylic acids is 1. The van der Waals surface area contributed by atoms with Crippen molar-refractivity contribution in [1.82, 2.24) is 10.6 Å². The van der Waals surface area contributed by atoms with Crippen molar-refractivity contribution in [3.8, 4) is 0 Å². The van der Waals surface area contributed by atoms with Gasteiger partial charge in [-0.05, 0) is 101 Å². The van der Waals surface area contributed by atoms with Crippen molar-refractivity contribution in [1.29, 1.82) is 0 Å². The predicted molar refractivity (Wildman–Crippen MR) is 146 cm³/mol. The Hall–Kier alpha value is -0.360. The van der Waals surface area contributed by atoms with E-state index in [0.717, 1.165) is 30.7 Å². The molecule has 0 radical (unpaired) electrons. The third-order valence-corrected chi connectivity index (χ3v) is 14.7. The Balaban J connectivity index is 0.00000133. The van der Waals surface area contributed by atoms with E-state index in [1.165, 1.54) is 69.3 Å². The fourth-order valence-corrected chi connectivity index (χ4v) is 12.9. The Kier molecular flexibility index (Phi) is 8.59. The second-order valence-corrected chi connectivity index (χ2v) is 15.3. The normalized spacial score (nSPS) is 47.5. The molecular weight excluding hydrogens is 440 g/mol. The summed E-state index contributed by atoms with van der Waals surface area (Å²) < 4.78 is 7.04. The van der Waals surface area contributed by atoms with Gasteiger partial charge in [0.2, 0.25) is 0 Å². The molecule has 0 amide bonds. The van der Waals surface area contributed by atoms with Gasteiger partial charge in [-0.25, -0.2) is 0 Å². The van der Waals surface area contributed by atoms with Gasteiger partial charge in [0.05, 0.1) is 6.10 Å². The lowest BCUT2D eigenvalue weighted by Crippen LogP contribution is -2.46. The topological polar surface area (TPSA) is 50.4 Å². The molecule has 3 heterocycles. The summed E-state index contributed by atoms with van der Waals surface area (Å²) in [6.45, 7) is 13.7. The molecule has 5 rings (SSSR count). The van der Waals surface area contributed by atoms with E-state index in [2.05, 4.69) is 38.5 Å². The van der Waals surface area contributed by atoms with Crippen LogP contribution >= 0.6 is 10.3 Å². The highest BCUT2D eigenvalue weighted by Gasteiger charge is 2.56. The summed E-state index contributed by atoms with van der Waals surface area (Å²) in [4.78, 5) is 11.5. The van der Waals surface area contributed by atoms with E-state index in [1.807, 2.05) is 19.4 Å². The standard InChI is InChI=1S/C27H46N2O2S.C2H6/c1-18-17-32(19(2)26-25(31-32)6-5-12-29-26)15-10-21-22-8-7-20(9-14-30)27(3,11-13-28-4)24(22)16-23(18)21;1-2/h14,19-22,24-26,28-29H,5-13,15-17H2,1-4H3;1-2H3/t19?,20-,21?,22?,24?,25?,26?,27?;/m0./s1. The number of allylic oxidation sites excluding steroid dienone is 1. The highest BCUT2D eigenvalue weighted by molar-refractivity contribution is 8.30. The van der Waals surface area contributed by atoms with Gasteiger partial charge < -0.3 is 19.6 Å². The number of hydrogen-bond acceptors (Lipinski definition) is 4. The average molecular weight is 493 g/mol. The molecule has 5 heteroatoms. The third kappa shape index (κ3) is 4.46. The highest BCUT2D eigenvalue weighted by Crippen LogP contribution is 2.68. The van der Waals surface area contributed by atoms with Gasteiger partial charge in [-0.1, -0.05) is 38.8 Å². The van der Waals surface area contributed by atoms with Crippen LogP contribution in [-0.2, 0) is 8.98 Å². The van der Waals surface area contributed by atoms with E-state index in [4.69, 9.17) is 4.18 Å². The number of carbonyl (C=O) groups is 1. The molecule has 4 fully saturated rings. The number of nitrogens with one attached hydrogen (secondary N) is 2. The quantitative estimate of drug-likeness (QED) is 0.373. The van der Waals surface area contributed by atoms with Crippen molar-refractivity contribution in [3.05, 3.63) is 11.1 Å². The average Bonchev–Trinajstić information content (AvgIpc) is 3.31. The molecular formula is C29H52N2O2S. The van der Waals surface area contributed by atoms with E-state index in [9.17, 15) is 4.79 Å². The van der Waals surface area contributed by atoms with Crippen LogP contribution in [0.15, 0.2) is 11.1 Å². The fourth-order valence-electron chi connectivity index (χ4n) is 8.71. The Labute approximate surface area is 211 Å². The zero-order valence-corrected chi connectivity index (χ0v) is 23.6. The van der Waals surface area contributed by atoms with Crippen LogP contribution in [0.1, 0.15) is 86.0 Å². The van der Waals surface area contributed by atoms with Crippen LogP contribution in [0, 0.1) is 29.1 Å². The molecule has 2 N–H and O–H groups in total. The van der Waals surface area contributed by atoms with E-state index in [1.54, 1.807) is 5.57 Å². The van der Waals surface area contributed by atoms with Gasteiger partial charge >= 0.3 is 0 Å². The van der Waals surface area contributed by atoms with Crippen molar-refractivity contribution >= 4 is 16.6 Å². The van der Waals surface area contributed by atoms with Crippen LogP contribution in [0.25, 0.3) is 0 Å². The maximum absolute atomic E-state index is 11.5. The van der Waals surface area contributed by atoms with Gasteiger partial charge in [-0.15, -0.1) is 10.3 Å². The minimum atomic E-state index is -1.03. The van der Waals surface area contributed by atoms with Crippen LogP contribution in [-0.4, -0.2) is 55.3 Å². The Morgan fingerprint density at radius 2 is 2.03 bits per heavy atom. The van der Waals surface area contributed by atoms with Crippen molar-refractivity contribution in [2.75, 3.05) is 31.6 Å². The highest BCUT2D eigenvalue weighted by atomic mass is 32.3. The summed E-state index contributed by atoms with van der Waals surface area (Å²) in [7, 11) is 1.04. The van der Waals surface area contributed by atoms with Gasteiger partial charge in [-0.2, -0.15) is 0 Å². The van der Waals surface area contributed by atoms with Gasteiger partial charge in [0.25, 0.3) is 0 Å². The smallest absolute Gasteiger partial charge is 0.120 e. The number of rotatable bonds is 5. The van der Waals surface area contributed by atoms with E-state index < -0.39 is 10.3 Å². The van der Waals surface area contributed by atoms with Gasteiger partial charge in [0.1, 0.15) is 6.29 Å². The molecule has 34 heavy (non-hydrogen) atoms. The molecule has 0 aromatic carbocycles. The second kappa shape index (κ2) is 10.9. The van der Waals surface area contributed by atoms with E-state index in [-0.39, 0.29) is 5.41 Å². The minimum absolute atomic E-state index is 0.285. The van der Waals surface area contributed by atoms with Crippen molar-refractivity contribution < 1.29 is 8.98 Å².